The molecule has 0 aliphatic carbocycles. The quantitative estimate of drug-likeness (QED) is 0.542. The summed E-state index contributed by atoms with van der Waals surface area (Å²) in [5.74, 6) is -0.978. The summed E-state index contributed by atoms with van der Waals surface area (Å²) in [6.45, 7) is 3.50. The van der Waals surface area contributed by atoms with Crippen molar-refractivity contribution in [1.82, 2.24) is 5.32 Å². The van der Waals surface area contributed by atoms with Crippen molar-refractivity contribution in [2.75, 3.05) is 18.1 Å². The lowest BCUT2D eigenvalue weighted by Crippen LogP contribution is -2.35. The molecule has 0 bridgehead atoms. The summed E-state index contributed by atoms with van der Waals surface area (Å²) in [6, 6.07) is 4.54. The van der Waals surface area contributed by atoms with E-state index in [2.05, 4.69) is 5.32 Å². The molecule has 1 atom stereocenters. The number of ether oxygens (including phenoxy) is 1. The number of nitrogens with two attached hydrogens (primary N) is 2. The first-order chi connectivity index (χ1) is 8.93. The van der Waals surface area contributed by atoms with Gasteiger partial charge in [-0.1, -0.05) is 6.92 Å². The molecule has 0 saturated heterocycles. The Morgan fingerprint density at radius 2 is 2.05 bits per heavy atom. The Morgan fingerprint density at radius 3 is 2.63 bits per heavy atom. The highest BCUT2D eigenvalue weighted by atomic mass is 16.5. The zero-order valence-corrected chi connectivity index (χ0v) is 11.1. The lowest BCUT2D eigenvalue weighted by atomic mass is 10.1. The van der Waals surface area contributed by atoms with Crippen LogP contribution in [0.1, 0.15) is 30.6 Å². The maximum Gasteiger partial charge on any atom is 0.340 e. The van der Waals surface area contributed by atoms with Crippen molar-refractivity contribution in [2.45, 2.75) is 26.3 Å². The van der Waals surface area contributed by atoms with Gasteiger partial charge in [0.05, 0.1) is 5.56 Å². The molecule has 0 aliphatic heterocycles. The number of amides is 1. The third-order valence-electron chi connectivity index (χ3n) is 2.65. The molecular weight excluding hydrogens is 246 g/mol. The van der Waals surface area contributed by atoms with E-state index in [-0.39, 0.29) is 29.8 Å². The number of carbonyl (C=O) groups excluding carboxylic acids is 2. The van der Waals surface area contributed by atoms with E-state index < -0.39 is 5.97 Å². The van der Waals surface area contributed by atoms with Gasteiger partial charge in [-0.05, 0) is 31.5 Å². The predicted octanol–water partition coefficient (Wildman–Crippen LogP) is 0.923. The molecule has 0 aromatic heterocycles. The average molecular weight is 265 g/mol. The Kier molecular flexibility index (Phi) is 5.17. The summed E-state index contributed by atoms with van der Waals surface area (Å²) in [6.07, 6.45) is 0.810. The van der Waals surface area contributed by atoms with Gasteiger partial charge in [-0.2, -0.15) is 0 Å². The second-order valence-electron chi connectivity index (χ2n) is 4.30. The molecule has 5 N–H and O–H groups in total. The van der Waals surface area contributed by atoms with Crippen molar-refractivity contribution in [3.63, 3.8) is 0 Å². The molecule has 6 heteroatoms. The number of esters is 1. The Hall–Kier alpha value is -2.24. The van der Waals surface area contributed by atoms with Gasteiger partial charge in [0.1, 0.15) is 0 Å². The highest BCUT2D eigenvalue weighted by molar-refractivity contribution is 5.96. The molecule has 1 aromatic carbocycles. The van der Waals surface area contributed by atoms with Crippen LogP contribution in [0.25, 0.3) is 0 Å². The van der Waals surface area contributed by atoms with Crippen molar-refractivity contribution in [1.29, 1.82) is 0 Å². The van der Waals surface area contributed by atoms with Crippen molar-refractivity contribution in [3.05, 3.63) is 23.8 Å². The van der Waals surface area contributed by atoms with Gasteiger partial charge >= 0.3 is 5.97 Å². The lowest BCUT2D eigenvalue weighted by Gasteiger charge is -2.12. The fraction of sp³-hybridized carbons (Fsp3) is 0.385. The van der Waals surface area contributed by atoms with E-state index in [0.717, 1.165) is 6.42 Å². The van der Waals surface area contributed by atoms with Gasteiger partial charge in [0, 0.05) is 17.4 Å². The third kappa shape index (κ3) is 4.50. The van der Waals surface area contributed by atoms with Crippen LogP contribution in [0.2, 0.25) is 0 Å². The third-order valence-corrected chi connectivity index (χ3v) is 2.65. The monoisotopic (exact) mass is 265 g/mol. The number of carbonyl (C=O) groups is 2. The zero-order chi connectivity index (χ0) is 14.4. The van der Waals surface area contributed by atoms with Crippen LogP contribution in [0.4, 0.5) is 11.4 Å². The van der Waals surface area contributed by atoms with Gasteiger partial charge in [0.2, 0.25) is 0 Å². The maximum atomic E-state index is 11.7. The van der Waals surface area contributed by atoms with E-state index in [1.165, 1.54) is 12.1 Å². The molecule has 1 aromatic rings. The smallest absolute Gasteiger partial charge is 0.340 e. The fourth-order valence-electron chi connectivity index (χ4n) is 1.39. The summed E-state index contributed by atoms with van der Waals surface area (Å²) >= 11 is 0. The van der Waals surface area contributed by atoms with Gasteiger partial charge in [0.25, 0.3) is 5.91 Å². The summed E-state index contributed by atoms with van der Waals surface area (Å²) < 4.78 is 4.88. The SMILES string of the molecule is CCC(C)NC(=O)COC(=O)c1ccc(N)cc1N. The van der Waals surface area contributed by atoms with Crippen LogP contribution in [0.5, 0.6) is 0 Å². The lowest BCUT2D eigenvalue weighted by molar-refractivity contribution is -0.124. The van der Waals surface area contributed by atoms with Gasteiger partial charge in [-0.3, -0.25) is 4.79 Å². The fourth-order valence-corrected chi connectivity index (χ4v) is 1.39. The van der Waals surface area contributed by atoms with E-state index in [1.807, 2.05) is 13.8 Å². The van der Waals surface area contributed by atoms with Crippen LogP contribution in [0, 0.1) is 0 Å². The number of nitrogens with one attached hydrogen (secondary N) is 1. The van der Waals surface area contributed by atoms with E-state index in [1.54, 1.807) is 6.07 Å². The maximum absolute atomic E-state index is 11.7. The second-order valence-corrected chi connectivity index (χ2v) is 4.30. The summed E-state index contributed by atoms with van der Waals surface area (Å²) in [7, 11) is 0. The molecule has 0 heterocycles. The number of hydrogen-bond donors (Lipinski definition) is 3. The zero-order valence-electron chi connectivity index (χ0n) is 11.1. The Morgan fingerprint density at radius 1 is 1.37 bits per heavy atom. The minimum absolute atomic E-state index is 0.0489. The van der Waals surface area contributed by atoms with Crippen LogP contribution in [-0.2, 0) is 9.53 Å². The number of anilines is 2. The summed E-state index contributed by atoms with van der Waals surface area (Å²) in [5, 5.41) is 2.69. The average Bonchev–Trinajstić information content (AvgIpc) is 2.35. The van der Waals surface area contributed by atoms with E-state index in [9.17, 15) is 9.59 Å². The Balaban J connectivity index is 2.54. The minimum Gasteiger partial charge on any atom is -0.452 e. The first-order valence-electron chi connectivity index (χ1n) is 6.05. The normalized spacial score (nSPS) is 11.7. The van der Waals surface area contributed by atoms with Crippen LogP contribution in [-0.4, -0.2) is 24.5 Å². The van der Waals surface area contributed by atoms with E-state index >= 15 is 0 Å². The van der Waals surface area contributed by atoms with E-state index in [0.29, 0.717) is 5.69 Å². The van der Waals surface area contributed by atoms with E-state index in [4.69, 9.17) is 16.2 Å². The molecule has 0 saturated carbocycles. The standard InChI is InChI=1S/C13H19N3O3/c1-3-8(2)16-12(17)7-19-13(18)10-5-4-9(14)6-11(10)15/h4-6,8H,3,7,14-15H2,1-2H3,(H,16,17). The molecule has 6 nitrogen and oxygen atoms in total. The predicted molar refractivity (Wildman–Crippen MR) is 73.4 cm³/mol. The molecule has 1 unspecified atom stereocenters. The molecule has 0 radical (unpaired) electrons. The molecule has 104 valence electrons. The largest absolute Gasteiger partial charge is 0.452 e. The van der Waals surface area contributed by atoms with Crippen LogP contribution in [0.3, 0.4) is 0 Å². The van der Waals surface area contributed by atoms with Crippen molar-refractivity contribution >= 4 is 23.3 Å². The van der Waals surface area contributed by atoms with Crippen LogP contribution >= 0.6 is 0 Å². The summed E-state index contributed by atoms with van der Waals surface area (Å²) in [4.78, 5) is 23.2. The topological polar surface area (TPSA) is 107 Å². The number of benzene rings is 1. The van der Waals surface area contributed by atoms with Gasteiger partial charge < -0.3 is 21.5 Å². The van der Waals surface area contributed by atoms with Gasteiger partial charge in [-0.15, -0.1) is 0 Å². The van der Waals surface area contributed by atoms with Gasteiger partial charge in [0.15, 0.2) is 6.61 Å². The Bertz CT molecular complexity index is 474. The Labute approximate surface area is 112 Å². The number of hydrogen-bond acceptors (Lipinski definition) is 5. The molecular formula is C13H19N3O3. The van der Waals surface area contributed by atoms with Gasteiger partial charge in [-0.25, -0.2) is 4.79 Å². The molecule has 0 aliphatic rings. The number of nitrogen functional groups attached to an aromatic ring is 2. The summed E-state index contributed by atoms with van der Waals surface area (Å²) in [5.41, 5.74) is 12.1. The van der Waals surface area contributed by atoms with Crippen LogP contribution < -0.4 is 16.8 Å². The molecule has 1 rings (SSSR count). The highest BCUT2D eigenvalue weighted by Gasteiger charge is 2.14. The molecule has 1 amide bonds. The minimum atomic E-state index is -0.642. The highest BCUT2D eigenvalue weighted by Crippen LogP contribution is 2.16. The molecule has 0 fully saturated rings. The first-order valence-corrected chi connectivity index (χ1v) is 6.05. The van der Waals surface area contributed by atoms with Crippen molar-refractivity contribution < 1.29 is 14.3 Å². The number of rotatable bonds is 5. The molecule has 0 spiro atoms. The van der Waals surface area contributed by atoms with Crippen LogP contribution in [0.15, 0.2) is 18.2 Å². The second kappa shape index (κ2) is 6.63. The van der Waals surface area contributed by atoms with Crippen molar-refractivity contribution in [3.8, 4) is 0 Å². The van der Waals surface area contributed by atoms with Crippen molar-refractivity contribution in [2.24, 2.45) is 0 Å². The first kappa shape index (κ1) is 14.8. The molecule has 19 heavy (non-hydrogen) atoms.